The van der Waals surface area contributed by atoms with Gasteiger partial charge in [0.05, 0.1) is 16.8 Å². The summed E-state index contributed by atoms with van der Waals surface area (Å²) in [5, 5.41) is 26.4. The monoisotopic (exact) mass is 834 g/mol. The summed E-state index contributed by atoms with van der Waals surface area (Å²) in [6.07, 6.45) is -1.49. The van der Waals surface area contributed by atoms with Crippen LogP contribution in [0.3, 0.4) is 0 Å². The van der Waals surface area contributed by atoms with Crippen LogP contribution in [-0.2, 0) is 40.5 Å². The molecule has 21 nitrogen and oxygen atoms in total. The van der Waals surface area contributed by atoms with Crippen molar-refractivity contribution in [2.24, 2.45) is 20.5 Å². The number of nitrogens with zero attached hydrogens (tertiary/aromatic N) is 6. The summed E-state index contributed by atoms with van der Waals surface area (Å²) in [4.78, 5) is 1.31. The maximum Gasteiger partial charge on any atom is 0.313 e. The van der Waals surface area contributed by atoms with E-state index >= 15 is 0 Å². The van der Waals surface area contributed by atoms with Gasteiger partial charge in [-0.1, -0.05) is 0 Å². The number of benzene rings is 4. The molecule has 0 aliphatic rings. The molecule has 284 valence electrons. The molecule has 0 unspecified atom stereocenters. The number of hydrogen-bond acceptors (Lipinski definition) is 17. The van der Waals surface area contributed by atoms with Crippen LogP contribution in [0.4, 0.5) is 53.1 Å². The van der Waals surface area contributed by atoms with Gasteiger partial charge in [0.1, 0.15) is 48.3 Å². The number of fused-ring (bicyclic) bond motifs is 1. The molecule has 1 aromatic heterocycles. The number of aromatic nitrogens is 2. The molecule has 28 heteroatoms. The molecule has 0 fully saturated rings. The maximum atomic E-state index is 13.9. The molecular formula is C26H17F3N8O13S4. The van der Waals surface area contributed by atoms with Crippen LogP contribution in [0, 0.1) is 17.8 Å². The number of nitrogens with one attached hydrogen (secondary N) is 1. The number of phenols is 1. The van der Waals surface area contributed by atoms with E-state index in [-0.39, 0.29) is 5.69 Å². The van der Waals surface area contributed by atoms with Gasteiger partial charge in [-0.3, -0.25) is 18.2 Å². The van der Waals surface area contributed by atoms with Gasteiger partial charge in [0, 0.05) is 11.8 Å². The van der Waals surface area contributed by atoms with Crippen LogP contribution in [0.2, 0.25) is 0 Å². The Labute approximate surface area is 299 Å². The highest BCUT2D eigenvalue weighted by molar-refractivity contribution is 7.86. The van der Waals surface area contributed by atoms with E-state index < -0.39 is 129 Å². The molecular weight excluding hydrogens is 818 g/mol. The third-order valence-electron chi connectivity index (χ3n) is 6.76. The second-order valence-corrected chi connectivity index (χ2v) is 15.9. The maximum absolute atomic E-state index is 13.9. The number of phenolic OH excluding ortho intramolecular Hbond substituents is 1. The van der Waals surface area contributed by atoms with E-state index in [1.165, 1.54) is 0 Å². The summed E-state index contributed by atoms with van der Waals surface area (Å²) in [6, 6.07) is 5.95. The summed E-state index contributed by atoms with van der Waals surface area (Å²) in [5.74, 6) is -4.53. The minimum atomic E-state index is -5.46. The van der Waals surface area contributed by atoms with Crippen LogP contribution in [0.1, 0.15) is 0 Å². The Hall–Kier alpha value is -5.75. The quantitative estimate of drug-likeness (QED) is 0.0323. The largest absolute Gasteiger partial charge is 0.505 e. The summed E-state index contributed by atoms with van der Waals surface area (Å²) < 4.78 is 177. The van der Waals surface area contributed by atoms with Crippen molar-refractivity contribution in [1.82, 2.24) is 9.97 Å². The van der Waals surface area contributed by atoms with E-state index in [4.69, 9.17) is 5.73 Å². The Bertz CT molecular complexity index is 2910. The third kappa shape index (κ3) is 8.39. The molecule has 5 rings (SSSR count). The SMILES string of the molecule is Nc1c(N=Nc2ccc(F)c(S(=O)(=O)O)c2)c(S(=O)(=O)O)cc2cc(S(=O)(=O)O)c(N=Nc3cc(Nc4cc(F)nc(F)n4)ccc3S(=O)(=O)O)c(O)c12. The number of anilines is 3. The van der Waals surface area contributed by atoms with Gasteiger partial charge in [0.2, 0.25) is 5.95 Å². The molecule has 8 N–H and O–H groups in total. The lowest BCUT2D eigenvalue weighted by molar-refractivity contribution is 0.471. The molecule has 0 saturated carbocycles. The van der Waals surface area contributed by atoms with Gasteiger partial charge in [-0.05, 0) is 53.9 Å². The van der Waals surface area contributed by atoms with Crippen LogP contribution in [-0.4, -0.2) is 67.0 Å². The molecule has 0 spiro atoms. The van der Waals surface area contributed by atoms with Crippen LogP contribution < -0.4 is 11.1 Å². The van der Waals surface area contributed by atoms with Gasteiger partial charge in [0.15, 0.2) is 5.75 Å². The second kappa shape index (κ2) is 13.9. The molecule has 1 heterocycles. The number of hydrogen-bond donors (Lipinski definition) is 7. The van der Waals surface area contributed by atoms with Crippen molar-refractivity contribution >= 4 is 91.2 Å². The highest BCUT2D eigenvalue weighted by atomic mass is 32.2. The molecule has 0 saturated heterocycles. The lowest BCUT2D eigenvalue weighted by atomic mass is 10.1. The average molecular weight is 835 g/mol. The number of halogens is 3. The topological polar surface area (TPSA) is 351 Å². The van der Waals surface area contributed by atoms with E-state index in [9.17, 15) is 70.2 Å². The highest BCUT2D eigenvalue weighted by Gasteiger charge is 2.28. The predicted octanol–water partition coefficient (Wildman–Crippen LogP) is 4.90. The van der Waals surface area contributed by atoms with Crippen LogP contribution >= 0.6 is 0 Å². The molecule has 0 aliphatic carbocycles. The molecule has 0 atom stereocenters. The summed E-state index contributed by atoms with van der Waals surface area (Å²) >= 11 is 0. The van der Waals surface area contributed by atoms with E-state index in [1.807, 2.05) is 0 Å². The molecule has 54 heavy (non-hydrogen) atoms. The number of nitrogens with two attached hydrogens (primary N) is 1. The fraction of sp³-hybridized carbons (Fsp3) is 0. The normalized spacial score (nSPS) is 12.9. The molecule has 0 radical (unpaired) electrons. The van der Waals surface area contributed by atoms with Crippen molar-refractivity contribution in [3.63, 3.8) is 0 Å². The molecule has 0 aliphatic heterocycles. The summed E-state index contributed by atoms with van der Waals surface area (Å²) in [7, 11) is -21.1. The number of aromatic hydroxyl groups is 1. The highest BCUT2D eigenvalue weighted by Crippen LogP contribution is 2.48. The number of azo groups is 2. The third-order valence-corrected chi connectivity index (χ3v) is 10.3. The Morgan fingerprint density at radius 2 is 1.20 bits per heavy atom. The fourth-order valence-corrected chi connectivity index (χ4v) is 7.08. The van der Waals surface area contributed by atoms with Gasteiger partial charge >= 0.3 is 6.08 Å². The van der Waals surface area contributed by atoms with Crippen molar-refractivity contribution < 1.29 is 70.2 Å². The Morgan fingerprint density at radius 3 is 1.78 bits per heavy atom. The van der Waals surface area contributed by atoms with Gasteiger partial charge in [0.25, 0.3) is 40.5 Å². The standard InChI is InChI=1S/C26H17F3N8O13S4/c27-13-3-1-12(8-16(13)52(42,43)44)34-36-23-17(53(45,46)47)5-10-6-18(54(48,49)50)24(25(38)21(10)22(23)30)37-35-14-7-11(2-4-15(14)51(39,40)41)31-20-9-19(28)32-26(29)33-20/h1-9,38H,30H2,(H,31,32,33)(H,39,40,41)(H,42,43,44)(H,45,46,47)(H,48,49,50). The second-order valence-electron chi connectivity index (χ2n) is 10.4. The Balaban J connectivity index is 1.74. The first kappa shape index (κ1) is 39.5. The van der Waals surface area contributed by atoms with E-state index in [0.29, 0.717) is 30.3 Å². The molecule has 4 aromatic carbocycles. The first-order chi connectivity index (χ1) is 24.8. The Morgan fingerprint density at radius 1 is 0.630 bits per heavy atom. The van der Waals surface area contributed by atoms with Crippen molar-refractivity contribution in [3.05, 3.63) is 72.4 Å². The van der Waals surface area contributed by atoms with Crippen LogP contribution in [0.5, 0.6) is 5.75 Å². The summed E-state index contributed by atoms with van der Waals surface area (Å²) in [5.41, 5.74) is 1.40. The molecule has 0 amide bonds. The minimum Gasteiger partial charge on any atom is -0.505 e. The zero-order chi connectivity index (χ0) is 40.1. The lowest BCUT2D eigenvalue weighted by Gasteiger charge is -2.14. The van der Waals surface area contributed by atoms with E-state index in [2.05, 4.69) is 35.7 Å². The van der Waals surface area contributed by atoms with Crippen LogP contribution in [0.25, 0.3) is 10.8 Å². The van der Waals surface area contributed by atoms with Gasteiger partial charge in [-0.25, -0.2) is 4.39 Å². The van der Waals surface area contributed by atoms with E-state index in [1.54, 1.807) is 0 Å². The van der Waals surface area contributed by atoms with Crippen molar-refractivity contribution in [2.45, 2.75) is 19.6 Å². The van der Waals surface area contributed by atoms with Crippen molar-refractivity contribution in [1.29, 1.82) is 0 Å². The first-order valence-corrected chi connectivity index (χ1v) is 19.4. The van der Waals surface area contributed by atoms with Gasteiger partial charge in [-0.15, -0.1) is 15.3 Å². The van der Waals surface area contributed by atoms with Crippen molar-refractivity contribution in [3.8, 4) is 5.75 Å². The minimum absolute atomic E-state index is 0.214. The molecule has 0 bridgehead atoms. The predicted molar refractivity (Wildman–Crippen MR) is 176 cm³/mol. The first-order valence-electron chi connectivity index (χ1n) is 13.6. The smallest absolute Gasteiger partial charge is 0.313 e. The van der Waals surface area contributed by atoms with E-state index in [0.717, 1.165) is 24.3 Å². The van der Waals surface area contributed by atoms with Gasteiger partial charge < -0.3 is 16.2 Å². The fourth-order valence-electron chi connectivity index (χ4n) is 4.56. The zero-order valence-corrected chi connectivity index (χ0v) is 29.0. The lowest BCUT2D eigenvalue weighted by Crippen LogP contribution is -2.04. The average Bonchev–Trinajstić information content (AvgIpc) is 3.01. The van der Waals surface area contributed by atoms with Crippen LogP contribution in [0.15, 0.2) is 94.6 Å². The van der Waals surface area contributed by atoms with Crippen molar-refractivity contribution in [2.75, 3.05) is 11.1 Å². The molecule has 5 aromatic rings. The van der Waals surface area contributed by atoms with Gasteiger partial charge in [-0.2, -0.15) is 57.5 Å². The zero-order valence-electron chi connectivity index (χ0n) is 25.7. The Kier molecular flexibility index (Phi) is 10.2. The summed E-state index contributed by atoms with van der Waals surface area (Å²) in [6.45, 7) is 0. The number of nitrogen functional groups attached to an aromatic ring is 1. The number of rotatable bonds is 10.